The van der Waals surface area contributed by atoms with Crippen molar-refractivity contribution in [3.63, 3.8) is 0 Å². The van der Waals surface area contributed by atoms with E-state index in [9.17, 15) is 0 Å². The van der Waals surface area contributed by atoms with E-state index < -0.39 is 0 Å². The van der Waals surface area contributed by atoms with Gasteiger partial charge in [-0.1, -0.05) is 57.0 Å². The number of anilines is 1. The molecular formula is C13H24NP5. The van der Waals surface area contributed by atoms with E-state index in [4.69, 9.17) is 0 Å². The summed E-state index contributed by atoms with van der Waals surface area (Å²) in [6.45, 7) is 12.8. The molecule has 2 aromatic rings. The largest absolute Gasteiger partial charge is 0.322 e. The summed E-state index contributed by atoms with van der Waals surface area (Å²) in [7, 11) is 5.12. The zero-order valence-corrected chi connectivity index (χ0v) is 17.2. The fraction of sp³-hybridized carbons (Fsp3) is 0.538. The normalized spacial score (nSPS) is 14.3. The van der Waals surface area contributed by atoms with Crippen LogP contribution in [0, 0.1) is 19.3 Å². The van der Waals surface area contributed by atoms with Gasteiger partial charge in [0.05, 0.1) is 0 Å². The highest BCUT2D eigenvalue weighted by Gasteiger charge is 2.18. The Morgan fingerprint density at radius 1 is 1.00 bits per heavy atom. The molecule has 106 valence electrons. The molecule has 0 saturated carbocycles. The molecule has 0 amide bonds. The Morgan fingerprint density at radius 3 is 2.00 bits per heavy atom. The lowest BCUT2D eigenvalue weighted by Gasteiger charge is -2.31. The van der Waals surface area contributed by atoms with Crippen LogP contribution >= 0.6 is 37.2 Å². The number of hydrogen-bond donors (Lipinski definition) is 0. The van der Waals surface area contributed by atoms with Gasteiger partial charge in [0.25, 0.3) is 0 Å². The van der Waals surface area contributed by atoms with Crippen molar-refractivity contribution in [3.8, 4) is 0 Å². The van der Waals surface area contributed by atoms with Gasteiger partial charge in [-0.3, -0.25) is 0 Å². The fourth-order valence-electron chi connectivity index (χ4n) is 2.14. The van der Waals surface area contributed by atoms with Gasteiger partial charge in [-0.05, 0) is 42.5 Å². The summed E-state index contributed by atoms with van der Waals surface area (Å²) in [5, 5.41) is 0. The minimum atomic E-state index is 0.140. The molecule has 1 aromatic carbocycles. The predicted molar refractivity (Wildman–Crippen MR) is 103 cm³/mol. The zero-order chi connectivity index (χ0) is 14.0. The van der Waals surface area contributed by atoms with Gasteiger partial charge in [0.2, 0.25) is 0 Å². The van der Waals surface area contributed by atoms with Gasteiger partial charge in [0.1, 0.15) is 0 Å². The van der Waals surface area contributed by atoms with Gasteiger partial charge in [-0.2, -0.15) is 0 Å². The van der Waals surface area contributed by atoms with Crippen molar-refractivity contribution in [1.82, 2.24) is 0 Å². The van der Waals surface area contributed by atoms with Crippen molar-refractivity contribution in [2.75, 3.05) is 11.2 Å². The first-order chi connectivity index (χ1) is 8.85. The Hall–Kier alpha value is 0.520. The maximum absolute atomic E-state index is 2.78. The van der Waals surface area contributed by atoms with Gasteiger partial charge >= 0.3 is 0 Å². The second kappa shape index (κ2) is 6.52. The number of aryl methyl sites for hydroxylation is 2. The molecule has 0 bridgehead atoms. The van der Waals surface area contributed by atoms with Crippen LogP contribution in [0.1, 0.15) is 31.9 Å². The molecule has 1 nitrogen and oxygen atoms in total. The number of rotatable bonds is 3. The van der Waals surface area contributed by atoms with E-state index in [-0.39, 0.29) is 7.04 Å². The molecule has 0 spiro atoms. The van der Waals surface area contributed by atoms with Crippen LogP contribution in [0.4, 0.5) is 5.69 Å². The Bertz CT molecular complexity index is 524. The highest BCUT2D eigenvalue weighted by molar-refractivity contribution is 8.60. The summed E-state index contributed by atoms with van der Waals surface area (Å²) in [5.41, 5.74) is 4.67. The lowest BCUT2D eigenvalue weighted by molar-refractivity contribution is 0.431. The van der Waals surface area contributed by atoms with Crippen LogP contribution in [-0.4, -0.2) is 6.54 Å². The Labute approximate surface area is 123 Å². The average molecular weight is 349 g/mol. The van der Waals surface area contributed by atoms with Crippen molar-refractivity contribution >= 4 is 42.9 Å². The van der Waals surface area contributed by atoms with Crippen molar-refractivity contribution in [2.24, 2.45) is 5.41 Å². The summed E-state index contributed by atoms with van der Waals surface area (Å²) < 4.78 is 2.78. The molecule has 0 saturated heterocycles. The van der Waals surface area contributed by atoms with Crippen molar-refractivity contribution in [3.05, 3.63) is 29.3 Å². The first-order valence-corrected chi connectivity index (χ1v) is 16.5. The number of nitrogens with zero attached hydrogens (tertiary/aromatic N) is 1. The maximum Gasteiger partial charge on any atom is 0.0451 e. The van der Waals surface area contributed by atoms with Gasteiger partial charge in [-0.25, -0.2) is 0 Å². The molecule has 1 heterocycles. The zero-order valence-electron chi connectivity index (χ0n) is 12.3. The predicted octanol–water partition coefficient (Wildman–Crippen LogP) is 6.86. The van der Waals surface area contributed by atoms with Crippen molar-refractivity contribution in [1.29, 1.82) is 0 Å². The number of benzene rings is 1. The maximum atomic E-state index is 2.78. The van der Waals surface area contributed by atoms with Crippen LogP contribution in [0.5, 0.6) is 0 Å². The fourth-order valence-corrected chi connectivity index (χ4v) is 45.1. The SMILES string of the molecule is Cc1cc(C)cc(N(CC(C)(C)C)p2[pH][pH][pH][pH]2)c1. The highest BCUT2D eigenvalue weighted by Crippen LogP contribution is 2.63. The van der Waals surface area contributed by atoms with Crippen LogP contribution in [-0.2, 0) is 0 Å². The van der Waals surface area contributed by atoms with Crippen LogP contribution in [0.2, 0.25) is 0 Å². The molecular weight excluding hydrogens is 325 g/mol. The van der Waals surface area contributed by atoms with Crippen LogP contribution < -0.4 is 4.67 Å². The van der Waals surface area contributed by atoms with Crippen molar-refractivity contribution in [2.45, 2.75) is 34.6 Å². The third-order valence-corrected chi connectivity index (χ3v) is 30.5. The van der Waals surface area contributed by atoms with E-state index in [0.29, 0.717) is 5.41 Å². The van der Waals surface area contributed by atoms with Crippen LogP contribution in [0.15, 0.2) is 18.2 Å². The van der Waals surface area contributed by atoms with Gasteiger partial charge < -0.3 is 4.67 Å². The summed E-state index contributed by atoms with van der Waals surface area (Å²) in [5.74, 6) is 0. The molecule has 6 heteroatoms. The van der Waals surface area contributed by atoms with Gasteiger partial charge in [0.15, 0.2) is 0 Å². The monoisotopic (exact) mass is 349 g/mol. The topological polar surface area (TPSA) is 3.24 Å². The molecule has 4 unspecified atom stereocenters. The van der Waals surface area contributed by atoms with Crippen LogP contribution in [0.3, 0.4) is 0 Å². The van der Waals surface area contributed by atoms with E-state index >= 15 is 0 Å². The van der Waals surface area contributed by atoms with Gasteiger partial charge in [-0.15, -0.1) is 0 Å². The van der Waals surface area contributed by atoms with E-state index in [1.54, 1.807) is 0 Å². The highest BCUT2D eigenvalue weighted by atomic mass is 32.6. The average Bonchev–Trinajstić information content (AvgIpc) is 2.76. The van der Waals surface area contributed by atoms with Gasteiger partial charge in [0, 0.05) is 19.3 Å². The lowest BCUT2D eigenvalue weighted by Crippen LogP contribution is -2.26. The quantitative estimate of drug-likeness (QED) is 0.585. The minimum absolute atomic E-state index is 0.140. The summed E-state index contributed by atoms with van der Waals surface area (Å²) in [6.07, 6.45) is 0. The molecule has 0 aliphatic rings. The molecule has 0 fully saturated rings. The number of hydrogen-bond acceptors (Lipinski definition) is 1. The molecule has 4 atom stereocenters. The molecule has 0 aliphatic carbocycles. The summed E-state index contributed by atoms with van der Waals surface area (Å²) in [4.78, 5) is 0. The minimum Gasteiger partial charge on any atom is -0.322 e. The molecule has 19 heavy (non-hydrogen) atoms. The molecule has 0 radical (unpaired) electrons. The first-order valence-electron chi connectivity index (χ1n) is 6.52. The second-order valence-electron chi connectivity index (χ2n) is 6.25. The third kappa shape index (κ3) is 4.78. The second-order valence-corrected chi connectivity index (χ2v) is 23.6. The van der Waals surface area contributed by atoms with E-state index in [2.05, 4.69) is 57.5 Å². The third-order valence-electron chi connectivity index (χ3n) is 2.76. The first kappa shape index (κ1) is 15.9. The van der Waals surface area contributed by atoms with E-state index in [0.717, 1.165) is 0 Å². The van der Waals surface area contributed by atoms with E-state index in [1.807, 2.05) is 0 Å². The summed E-state index contributed by atoms with van der Waals surface area (Å²) >= 11 is 0. The molecule has 2 rings (SSSR count). The summed E-state index contributed by atoms with van der Waals surface area (Å²) in [6, 6.07) is 7.07. The Morgan fingerprint density at radius 2 is 1.53 bits per heavy atom. The van der Waals surface area contributed by atoms with Crippen LogP contribution in [0.25, 0.3) is 0 Å². The molecule has 1 aromatic heterocycles. The smallest absolute Gasteiger partial charge is 0.0451 e. The molecule has 0 N–H and O–H groups in total. The Kier molecular flexibility index (Phi) is 5.46. The lowest BCUT2D eigenvalue weighted by atomic mass is 9.96. The van der Waals surface area contributed by atoms with E-state index in [1.165, 1.54) is 53.5 Å². The van der Waals surface area contributed by atoms with Crippen molar-refractivity contribution < 1.29 is 0 Å². The molecule has 0 aliphatic heterocycles. The Balaban J connectivity index is 2.42. The standard InChI is InChI=1S/C13H24NP5/c1-10-6-11(2)8-12(7-10)14(9-13(3,4)5)19-17-15-16-18-19/h6-8,15-18H,9H2,1-5H3.